The first kappa shape index (κ1) is 17.6. The van der Waals surface area contributed by atoms with E-state index >= 15 is 0 Å². The normalized spacial score (nSPS) is 20.3. The predicted molar refractivity (Wildman–Crippen MR) is 111 cm³/mol. The zero-order chi connectivity index (χ0) is 19.8. The fourth-order valence-corrected chi connectivity index (χ4v) is 4.05. The van der Waals surface area contributed by atoms with Crippen LogP contribution in [0.5, 0.6) is 5.75 Å². The summed E-state index contributed by atoms with van der Waals surface area (Å²) in [4.78, 5) is 8.44. The first-order valence-electron chi connectivity index (χ1n) is 9.63. The first-order chi connectivity index (χ1) is 14.2. The largest absolute Gasteiger partial charge is 0.497 e. The van der Waals surface area contributed by atoms with E-state index in [4.69, 9.17) is 9.57 Å². The highest BCUT2D eigenvalue weighted by Crippen LogP contribution is 2.48. The van der Waals surface area contributed by atoms with Crippen LogP contribution in [0, 0.1) is 11.7 Å². The fraction of sp³-hybridized carbons (Fsp3) is 0.167. The molecule has 2 aliphatic rings. The number of fused-ring (bicyclic) bond motifs is 1. The molecule has 3 aromatic rings. The van der Waals surface area contributed by atoms with Gasteiger partial charge in [-0.15, -0.1) is 0 Å². The summed E-state index contributed by atoms with van der Waals surface area (Å²) in [6.45, 7) is 0.765. The van der Waals surface area contributed by atoms with Gasteiger partial charge in [-0.05, 0) is 54.1 Å². The zero-order valence-electron chi connectivity index (χ0n) is 16.0. The molecule has 4 nitrogen and oxygen atoms in total. The van der Waals surface area contributed by atoms with Crippen LogP contribution in [0.25, 0.3) is 0 Å². The highest BCUT2D eigenvalue weighted by atomic mass is 19.1. The quantitative estimate of drug-likeness (QED) is 0.605. The average Bonchev–Trinajstić information content (AvgIpc) is 3.33. The molecule has 2 heterocycles. The monoisotopic (exact) mass is 388 g/mol. The molecule has 146 valence electrons. The van der Waals surface area contributed by atoms with Crippen molar-refractivity contribution in [2.24, 2.45) is 5.92 Å². The van der Waals surface area contributed by atoms with Crippen LogP contribution < -0.4 is 14.7 Å². The van der Waals surface area contributed by atoms with Crippen molar-refractivity contribution < 1.29 is 14.0 Å². The van der Waals surface area contributed by atoms with Crippen LogP contribution in [0.4, 0.5) is 15.8 Å². The molecule has 2 atom stereocenters. The van der Waals surface area contributed by atoms with Gasteiger partial charge in [0.05, 0.1) is 18.7 Å². The molecule has 0 spiro atoms. The third kappa shape index (κ3) is 3.18. The molecule has 3 aromatic carbocycles. The molecule has 0 N–H and O–H groups in total. The molecule has 2 unspecified atom stereocenters. The summed E-state index contributed by atoms with van der Waals surface area (Å²) in [7, 11) is 1.67. The van der Waals surface area contributed by atoms with Crippen LogP contribution in [-0.2, 0) is 4.84 Å². The van der Waals surface area contributed by atoms with Crippen LogP contribution in [0.15, 0.2) is 90.8 Å². The average molecular weight is 388 g/mol. The number of anilines is 2. The first-order valence-corrected chi connectivity index (χ1v) is 9.63. The second-order valence-corrected chi connectivity index (χ2v) is 7.24. The van der Waals surface area contributed by atoms with Gasteiger partial charge in [-0.2, -0.15) is 0 Å². The molecule has 0 aromatic heterocycles. The standard InChI is InChI=1S/C24H21FN2O2/c1-28-21-13-7-17(8-14-21)24-22-15-26(19-11-9-18(25)10-12-19)16-23(22)29-27(24)20-5-3-2-4-6-20/h2-14,16,22,24H,15H2,1H3. The van der Waals surface area contributed by atoms with Gasteiger partial charge in [-0.25, -0.2) is 9.45 Å². The van der Waals surface area contributed by atoms with Gasteiger partial charge >= 0.3 is 0 Å². The van der Waals surface area contributed by atoms with Gasteiger partial charge in [0.1, 0.15) is 17.6 Å². The summed E-state index contributed by atoms with van der Waals surface area (Å²) in [5.74, 6) is 1.67. The van der Waals surface area contributed by atoms with E-state index in [1.165, 1.54) is 12.1 Å². The van der Waals surface area contributed by atoms with Gasteiger partial charge in [-0.3, -0.25) is 0 Å². The molecule has 1 fully saturated rings. The summed E-state index contributed by atoms with van der Waals surface area (Å²) in [6, 6.07) is 24.9. The minimum absolute atomic E-state index is 0.0278. The second kappa shape index (κ2) is 7.17. The smallest absolute Gasteiger partial charge is 0.155 e. The lowest BCUT2D eigenvalue weighted by atomic mass is 9.93. The van der Waals surface area contributed by atoms with Gasteiger partial charge in [0.2, 0.25) is 0 Å². The van der Waals surface area contributed by atoms with Crippen molar-refractivity contribution in [2.45, 2.75) is 6.04 Å². The second-order valence-electron chi connectivity index (χ2n) is 7.24. The molecule has 1 saturated heterocycles. The van der Waals surface area contributed by atoms with E-state index in [9.17, 15) is 4.39 Å². The maximum atomic E-state index is 13.3. The molecule has 5 rings (SSSR count). The number of hydrogen-bond acceptors (Lipinski definition) is 4. The highest BCUT2D eigenvalue weighted by molar-refractivity contribution is 5.56. The molecule has 0 radical (unpaired) electrons. The third-order valence-electron chi connectivity index (χ3n) is 5.51. The Hall–Kier alpha value is -3.47. The van der Waals surface area contributed by atoms with Crippen LogP contribution in [0.3, 0.4) is 0 Å². The fourth-order valence-electron chi connectivity index (χ4n) is 4.05. The SMILES string of the molecule is COc1ccc(C2C3CN(c4ccc(F)cc4)C=C3ON2c2ccccc2)cc1. The molecule has 0 bridgehead atoms. The Morgan fingerprint density at radius 1 is 0.897 bits per heavy atom. The van der Waals surface area contributed by atoms with Gasteiger partial charge in [0, 0.05) is 18.4 Å². The van der Waals surface area contributed by atoms with Crippen molar-refractivity contribution >= 4 is 11.4 Å². The van der Waals surface area contributed by atoms with Crippen molar-refractivity contribution in [2.75, 3.05) is 23.6 Å². The van der Waals surface area contributed by atoms with E-state index < -0.39 is 0 Å². The summed E-state index contributed by atoms with van der Waals surface area (Å²) >= 11 is 0. The van der Waals surface area contributed by atoms with Crippen molar-refractivity contribution in [1.29, 1.82) is 0 Å². The third-order valence-corrected chi connectivity index (χ3v) is 5.51. The number of para-hydroxylation sites is 1. The lowest BCUT2D eigenvalue weighted by Gasteiger charge is -2.28. The molecular weight excluding hydrogens is 367 g/mol. The summed E-state index contributed by atoms with van der Waals surface area (Å²) < 4.78 is 18.6. The number of methoxy groups -OCH3 is 1. The number of ether oxygens (including phenoxy) is 1. The van der Waals surface area contributed by atoms with Gasteiger partial charge < -0.3 is 14.5 Å². The van der Waals surface area contributed by atoms with Crippen LogP contribution in [0.2, 0.25) is 0 Å². The Balaban J connectivity index is 1.51. The van der Waals surface area contributed by atoms with Crippen LogP contribution in [-0.4, -0.2) is 13.7 Å². The number of rotatable bonds is 4. The Morgan fingerprint density at radius 2 is 1.62 bits per heavy atom. The maximum absolute atomic E-state index is 13.3. The lowest BCUT2D eigenvalue weighted by molar-refractivity contribution is 0.213. The molecular formula is C24H21FN2O2. The number of benzene rings is 3. The molecule has 0 amide bonds. The molecule has 2 aliphatic heterocycles. The minimum atomic E-state index is -0.233. The maximum Gasteiger partial charge on any atom is 0.155 e. The molecule has 29 heavy (non-hydrogen) atoms. The topological polar surface area (TPSA) is 24.9 Å². The highest BCUT2D eigenvalue weighted by Gasteiger charge is 2.46. The van der Waals surface area contributed by atoms with Crippen LogP contribution >= 0.6 is 0 Å². The number of halogens is 1. The number of hydroxylamine groups is 1. The van der Waals surface area contributed by atoms with E-state index in [1.54, 1.807) is 19.2 Å². The summed E-state index contributed by atoms with van der Waals surface area (Å²) in [5, 5.41) is 1.99. The summed E-state index contributed by atoms with van der Waals surface area (Å²) in [6.07, 6.45) is 2.03. The Bertz CT molecular complexity index is 1020. The lowest BCUT2D eigenvalue weighted by Crippen LogP contribution is -2.29. The number of nitrogens with zero attached hydrogens (tertiary/aromatic N) is 2. The van der Waals surface area contributed by atoms with Crippen molar-refractivity contribution in [3.05, 3.63) is 102 Å². The Kier molecular flexibility index (Phi) is 4.35. The van der Waals surface area contributed by atoms with Crippen molar-refractivity contribution in [3.63, 3.8) is 0 Å². The van der Waals surface area contributed by atoms with Crippen molar-refractivity contribution in [1.82, 2.24) is 0 Å². The minimum Gasteiger partial charge on any atom is -0.497 e. The van der Waals surface area contributed by atoms with E-state index in [0.717, 1.165) is 35.0 Å². The van der Waals surface area contributed by atoms with Crippen molar-refractivity contribution in [3.8, 4) is 5.75 Å². The molecule has 0 saturated carbocycles. The summed E-state index contributed by atoms with van der Waals surface area (Å²) in [5.41, 5.74) is 3.12. The van der Waals surface area contributed by atoms with E-state index in [1.807, 2.05) is 41.6 Å². The van der Waals surface area contributed by atoms with Gasteiger partial charge in [0.25, 0.3) is 0 Å². The molecule has 0 aliphatic carbocycles. The zero-order valence-corrected chi connectivity index (χ0v) is 16.0. The van der Waals surface area contributed by atoms with E-state index in [-0.39, 0.29) is 17.8 Å². The Labute approximate surface area is 169 Å². The van der Waals surface area contributed by atoms with Crippen LogP contribution in [0.1, 0.15) is 11.6 Å². The number of hydrogen-bond donors (Lipinski definition) is 0. The van der Waals surface area contributed by atoms with E-state index in [2.05, 4.69) is 29.2 Å². The molecule has 5 heteroatoms. The predicted octanol–water partition coefficient (Wildman–Crippen LogP) is 5.31. The Morgan fingerprint density at radius 3 is 2.31 bits per heavy atom. The van der Waals surface area contributed by atoms with Gasteiger partial charge in [0.15, 0.2) is 5.76 Å². The van der Waals surface area contributed by atoms with E-state index in [0.29, 0.717) is 0 Å². The van der Waals surface area contributed by atoms with Gasteiger partial charge in [-0.1, -0.05) is 30.3 Å².